The van der Waals surface area contributed by atoms with Crippen LogP contribution < -0.4 is 25.9 Å². The molecule has 254 valence electrons. The van der Waals surface area contributed by atoms with Crippen molar-refractivity contribution in [3.63, 3.8) is 0 Å². The van der Waals surface area contributed by atoms with Crippen LogP contribution in [-0.4, -0.2) is 75.7 Å². The SMILES string of the molecule is CC(C)(C)[Si](OCCN1CCCN(c2ccc(NC[C@H](O)CNC(=O)c3ccc(Cl)s3)c(F)c2)C1=O)(c1ccccc1)c1ccccc1. The van der Waals surface area contributed by atoms with Gasteiger partial charge in [-0.3, -0.25) is 9.69 Å². The highest BCUT2D eigenvalue weighted by atomic mass is 35.5. The van der Waals surface area contributed by atoms with Crippen LogP contribution in [0.4, 0.5) is 20.6 Å². The fraction of sp³-hybridized carbons (Fsp3) is 0.333. The van der Waals surface area contributed by atoms with Crippen LogP contribution in [0.3, 0.4) is 0 Å². The van der Waals surface area contributed by atoms with Gasteiger partial charge in [0.1, 0.15) is 5.82 Å². The molecule has 0 aliphatic carbocycles. The summed E-state index contributed by atoms with van der Waals surface area (Å²) in [6, 6.07) is 28.4. The molecular formula is C36H42ClFN4O4SSi. The first-order valence-electron chi connectivity index (χ1n) is 16.1. The third-order valence-electron chi connectivity index (χ3n) is 8.50. The second-order valence-electron chi connectivity index (χ2n) is 12.8. The number of urea groups is 1. The van der Waals surface area contributed by atoms with Crippen molar-refractivity contribution in [1.29, 1.82) is 0 Å². The van der Waals surface area contributed by atoms with Gasteiger partial charge in [0.25, 0.3) is 14.2 Å². The molecule has 3 N–H and O–H groups in total. The van der Waals surface area contributed by atoms with Crippen molar-refractivity contribution in [1.82, 2.24) is 10.2 Å². The van der Waals surface area contributed by atoms with E-state index in [0.29, 0.717) is 41.1 Å². The second-order valence-corrected chi connectivity index (χ2v) is 18.8. The standard InChI is InChI=1S/C36H42ClFN4O4SSi/c1-36(2,3)48(28-11-6-4-7-12-28,29-13-8-5-9-14-29)46-22-21-41-19-10-20-42(35(41)45)26-15-16-31(30(38)23-26)39-24-27(43)25-40-34(44)32-17-18-33(37)47-32/h4-9,11-18,23,27,39,43H,10,19-22,24-25H2,1-3H3,(H,40,44)/t27-/m0/s1. The number of carbonyl (C=O) groups is 2. The third kappa shape index (κ3) is 8.10. The van der Waals surface area contributed by atoms with E-state index in [1.54, 1.807) is 34.1 Å². The zero-order chi connectivity index (χ0) is 34.3. The molecule has 1 atom stereocenters. The number of anilines is 2. The van der Waals surface area contributed by atoms with Crippen molar-refractivity contribution in [2.45, 2.75) is 38.3 Å². The fourth-order valence-electron chi connectivity index (χ4n) is 6.15. The predicted octanol–water partition coefficient (Wildman–Crippen LogP) is 5.95. The average Bonchev–Trinajstić information content (AvgIpc) is 3.52. The molecule has 5 rings (SSSR count). The number of hydrogen-bond donors (Lipinski definition) is 3. The summed E-state index contributed by atoms with van der Waals surface area (Å²) in [4.78, 5) is 29.7. The molecule has 0 radical (unpaired) electrons. The Balaban J connectivity index is 1.20. The molecule has 1 aromatic heterocycles. The molecule has 0 bridgehead atoms. The first kappa shape index (κ1) is 35.6. The van der Waals surface area contributed by atoms with E-state index < -0.39 is 20.2 Å². The Kier molecular flexibility index (Phi) is 11.6. The number of carbonyl (C=O) groups excluding carboxylic acids is 2. The Hall–Kier alpha value is -3.74. The topological polar surface area (TPSA) is 94.1 Å². The molecule has 48 heavy (non-hydrogen) atoms. The molecule has 4 aromatic rings. The molecular weight excluding hydrogens is 667 g/mol. The van der Waals surface area contributed by atoms with Gasteiger partial charge in [-0.25, -0.2) is 9.18 Å². The van der Waals surface area contributed by atoms with Crippen LogP contribution in [-0.2, 0) is 4.43 Å². The summed E-state index contributed by atoms with van der Waals surface area (Å²) in [5.41, 5.74) is 0.650. The van der Waals surface area contributed by atoms with Crippen molar-refractivity contribution in [2.75, 3.05) is 49.5 Å². The summed E-state index contributed by atoms with van der Waals surface area (Å²) < 4.78 is 22.7. The molecule has 1 aliphatic heterocycles. The Bertz CT molecular complexity index is 1650. The van der Waals surface area contributed by atoms with Gasteiger partial charge in [-0.1, -0.05) is 93.0 Å². The van der Waals surface area contributed by atoms with Gasteiger partial charge in [0.15, 0.2) is 0 Å². The minimum Gasteiger partial charge on any atom is -0.406 e. The van der Waals surface area contributed by atoms with Crippen LogP contribution in [0.5, 0.6) is 0 Å². The minimum absolute atomic E-state index is 0.0149. The van der Waals surface area contributed by atoms with Crippen LogP contribution >= 0.6 is 22.9 Å². The van der Waals surface area contributed by atoms with Crippen molar-refractivity contribution >= 4 is 64.9 Å². The van der Waals surface area contributed by atoms with E-state index in [1.165, 1.54) is 16.4 Å². The van der Waals surface area contributed by atoms with E-state index in [9.17, 15) is 14.7 Å². The molecule has 0 spiro atoms. The van der Waals surface area contributed by atoms with Crippen LogP contribution in [0.15, 0.2) is 91.0 Å². The number of aliphatic hydroxyl groups is 1. The average molecular weight is 709 g/mol. The third-order valence-corrected chi connectivity index (χ3v) is 14.8. The summed E-state index contributed by atoms with van der Waals surface area (Å²) in [5, 5.41) is 18.1. The Morgan fingerprint density at radius 2 is 1.67 bits per heavy atom. The van der Waals surface area contributed by atoms with Gasteiger partial charge >= 0.3 is 6.03 Å². The molecule has 8 nitrogen and oxygen atoms in total. The lowest BCUT2D eigenvalue weighted by molar-refractivity contribution is 0.0925. The largest absolute Gasteiger partial charge is 0.406 e. The number of nitrogens with zero attached hydrogens (tertiary/aromatic N) is 2. The normalized spacial score (nSPS) is 14.6. The van der Waals surface area contributed by atoms with Crippen LogP contribution in [0.25, 0.3) is 0 Å². The van der Waals surface area contributed by atoms with Crippen molar-refractivity contribution in [3.05, 3.63) is 106 Å². The van der Waals surface area contributed by atoms with Gasteiger partial charge in [-0.05, 0) is 52.2 Å². The van der Waals surface area contributed by atoms with E-state index in [1.807, 2.05) is 36.4 Å². The monoisotopic (exact) mass is 708 g/mol. The number of rotatable bonds is 13. The van der Waals surface area contributed by atoms with Crippen LogP contribution in [0.1, 0.15) is 36.9 Å². The maximum Gasteiger partial charge on any atom is 0.324 e. The van der Waals surface area contributed by atoms with E-state index >= 15 is 4.39 Å². The van der Waals surface area contributed by atoms with Gasteiger partial charge in [0.05, 0.1) is 27.6 Å². The molecule has 3 amide bonds. The lowest BCUT2D eigenvalue weighted by Gasteiger charge is -2.43. The maximum absolute atomic E-state index is 15.2. The molecule has 1 aliphatic rings. The first-order valence-corrected chi connectivity index (χ1v) is 19.2. The minimum atomic E-state index is -2.74. The number of aliphatic hydroxyl groups excluding tert-OH is 1. The maximum atomic E-state index is 15.2. The predicted molar refractivity (Wildman–Crippen MR) is 195 cm³/mol. The summed E-state index contributed by atoms with van der Waals surface area (Å²) >= 11 is 7.03. The second kappa shape index (κ2) is 15.6. The van der Waals surface area contributed by atoms with Gasteiger partial charge in [-0.2, -0.15) is 0 Å². The van der Waals surface area contributed by atoms with E-state index in [0.717, 1.165) is 17.8 Å². The highest BCUT2D eigenvalue weighted by Crippen LogP contribution is 2.37. The summed E-state index contributed by atoms with van der Waals surface area (Å²) in [7, 11) is -2.74. The Morgan fingerprint density at radius 1 is 1.00 bits per heavy atom. The Labute approximate surface area is 291 Å². The lowest BCUT2D eigenvalue weighted by Crippen LogP contribution is -2.67. The van der Waals surface area contributed by atoms with E-state index in [4.69, 9.17) is 16.0 Å². The van der Waals surface area contributed by atoms with E-state index in [2.05, 4.69) is 55.7 Å². The number of halogens is 2. The lowest BCUT2D eigenvalue weighted by atomic mass is 10.2. The Morgan fingerprint density at radius 3 is 2.25 bits per heavy atom. The zero-order valence-corrected chi connectivity index (χ0v) is 30.0. The van der Waals surface area contributed by atoms with Crippen LogP contribution in [0, 0.1) is 5.82 Å². The fourth-order valence-corrected chi connectivity index (χ4v) is 11.7. The number of benzene rings is 3. The number of thiophene rings is 1. The van der Waals surface area contributed by atoms with Crippen molar-refractivity contribution < 1.29 is 23.5 Å². The molecule has 3 aromatic carbocycles. The zero-order valence-electron chi connectivity index (χ0n) is 27.4. The molecule has 1 fully saturated rings. The number of amides is 3. The van der Waals surface area contributed by atoms with E-state index in [-0.39, 0.29) is 35.8 Å². The van der Waals surface area contributed by atoms with Crippen molar-refractivity contribution in [2.24, 2.45) is 0 Å². The highest BCUT2D eigenvalue weighted by Gasteiger charge is 2.50. The smallest absolute Gasteiger partial charge is 0.324 e. The molecule has 2 heterocycles. The molecule has 0 unspecified atom stereocenters. The van der Waals surface area contributed by atoms with Gasteiger partial charge in [0.2, 0.25) is 0 Å². The summed E-state index contributed by atoms with van der Waals surface area (Å²) in [5.74, 6) is -0.881. The van der Waals surface area contributed by atoms with Crippen LogP contribution in [0.2, 0.25) is 9.37 Å². The van der Waals surface area contributed by atoms with Gasteiger partial charge < -0.3 is 25.1 Å². The highest BCUT2D eigenvalue weighted by molar-refractivity contribution is 7.18. The van der Waals surface area contributed by atoms with Gasteiger partial charge in [-0.15, -0.1) is 11.3 Å². The first-order chi connectivity index (χ1) is 23.0. The summed E-state index contributed by atoms with van der Waals surface area (Å²) in [6.45, 7) is 8.53. The molecule has 1 saturated heterocycles. The van der Waals surface area contributed by atoms with Gasteiger partial charge in [0, 0.05) is 38.4 Å². The number of hydrogen-bond acceptors (Lipinski definition) is 6. The molecule has 12 heteroatoms. The molecule has 0 saturated carbocycles. The summed E-state index contributed by atoms with van der Waals surface area (Å²) in [6.07, 6.45) is -0.214. The number of nitrogens with one attached hydrogen (secondary N) is 2. The quantitative estimate of drug-likeness (QED) is 0.149. The van der Waals surface area contributed by atoms with Crippen molar-refractivity contribution in [3.8, 4) is 0 Å².